The van der Waals surface area contributed by atoms with Gasteiger partial charge in [-0.1, -0.05) is 0 Å². The topological polar surface area (TPSA) is 89.2 Å². The summed E-state index contributed by atoms with van der Waals surface area (Å²) < 4.78 is 2.85. The average molecular weight is 330 g/mol. The van der Waals surface area contributed by atoms with Crippen molar-refractivity contribution in [3.8, 4) is 0 Å². The summed E-state index contributed by atoms with van der Waals surface area (Å²) in [5, 5.41) is 2.20. The molecule has 0 bridgehead atoms. The van der Waals surface area contributed by atoms with E-state index in [1.54, 1.807) is 24.6 Å². The second-order valence-corrected chi connectivity index (χ2v) is 5.83. The van der Waals surface area contributed by atoms with Crippen LogP contribution in [0.4, 0.5) is 0 Å². The number of aryl methyl sites for hydroxylation is 1. The number of carbonyl (C=O) groups excluding carboxylic acids is 1. The number of H-pyrrole nitrogens is 1. The largest absolute Gasteiger partial charge is 0.328 e. The molecule has 118 valence electrons. The van der Waals surface area contributed by atoms with E-state index in [1.807, 2.05) is 11.6 Å². The van der Waals surface area contributed by atoms with Crippen molar-refractivity contribution in [2.24, 2.45) is 12.0 Å². The van der Waals surface area contributed by atoms with Crippen molar-refractivity contribution in [1.29, 1.82) is 0 Å². The third kappa shape index (κ3) is 2.68. The van der Waals surface area contributed by atoms with Gasteiger partial charge in [-0.15, -0.1) is 11.3 Å². The Bertz CT molecular complexity index is 1080. The van der Waals surface area contributed by atoms with Crippen LogP contribution in [-0.2, 0) is 13.6 Å². The van der Waals surface area contributed by atoms with Crippen molar-refractivity contribution in [2.75, 3.05) is 0 Å². The first-order valence-corrected chi connectivity index (χ1v) is 7.85. The molecule has 0 aliphatic rings. The fourth-order valence-electron chi connectivity index (χ4n) is 2.26. The van der Waals surface area contributed by atoms with Crippen LogP contribution < -0.4 is 16.1 Å². The molecule has 0 spiro atoms. The van der Waals surface area contributed by atoms with E-state index in [2.05, 4.69) is 9.98 Å². The van der Waals surface area contributed by atoms with Gasteiger partial charge in [-0.2, -0.15) is 4.99 Å². The standard InChI is InChI=1S/C15H14N4O3S/c1-3-19-13(21)10-5-4-9(8-11(10)16-14(19)22)12(20)17-15-18(2)6-7-23-15/h4-8H,3H2,1-2H3,(H,16,22). The van der Waals surface area contributed by atoms with Crippen molar-refractivity contribution in [3.63, 3.8) is 0 Å². The van der Waals surface area contributed by atoms with Gasteiger partial charge in [0.25, 0.3) is 11.5 Å². The van der Waals surface area contributed by atoms with E-state index in [4.69, 9.17) is 0 Å². The maximum absolute atomic E-state index is 12.3. The van der Waals surface area contributed by atoms with Crippen LogP contribution in [0.3, 0.4) is 0 Å². The summed E-state index contributed by atoms with van der Waals surface area (Å²) in [7, 11) is 1.80. The van der Waals surface area contributed by atoms with Crippen LogP contribution in [-0.4, -0.2) is 20.0 Å². The SMILES string of the molecule is CCn1c(=O)[nH]c2cc(C(=O)N=c3sccn3C)ccc2c1=O. The normalized spacial score (nSPS) is 12.0. The fourth-order valence-corrected chi connectivity index (χ4v) is 2.99. The molecular formula is C15H14N4O3S. The Morgan fingerprint density at radius 2 is 2.13 bits per heavy atom. The number of hydrogen-bond donors (Lipinski definition) is 1. The fraction of sp³-hybridized carbons (Fsp3) is 0.200. The Hall–Kier alpha value is -2.74. The Morgan fingerprint density at radius 3 is 2.78 bits per heavy atom. The lowest BCUT2D eigenvalue weighted by atomic mass is 10.1. The summed E-state index contributed by atoms with van der Waals surface area (Å²) >= 11 is 1.35. The number of amides is 1. The number of carbonyl (C=O) groups is 1. The number of thiazole rings is 1. The van der Waals surface area contributed by atoms with E-state index >= 15 is 0 Å². The van der Waals surface area contributed by atoms with Gasteiger partial charge in [0.15, 0.2) is 4.80 Å². The Labute approximate surface area is 134 Å². The monoisotopic (exact) mass is 330 g/mol. The number of hydrogen-bond acceptors (Lipinski definition) is 4. The maximum Gasteiger partial charge on any atom is 0.328 e. The minimum absolute atomic E-state index is 0.287. The van der Waals surface area contributed by atoms with Gasteiger partial charge in [0.2, 0.25) is 0 Å². The minimum atomic E-state index is -0.490. The van der Waals surface area contributed by atoms with Crippen LogP contribution in [0.1, 0.15) is 17.3 Å². The van der Waals surface area contributed by atoms with Gasteiger partial charge < -0.3 is 9.55 Å². The van der Waals surface area contributed by atoms with Gasteiger partial charge >= 0.3 is 5.69 Å². The molecule has 2 heterocycles. The van der Waals surface area contributed by atoms with Crippen molar-refractivity contribution in [1.82, 2.24) is 14.1 Å². The second kappa shape index (κ2) is 5.81. The molecule has 8 heteroatoms. The summed E-state index contributed by atoms with van der Waals surface area (Å²) in [6.07, 6.45) is 1.81. The van der Waals surface area contributed by atoms with Crippen molar-refractivity contribution >= 4 is 28.1 Å². The first-order valence-electron chi connectivity index (χ1n) is 6.97. The van der Waals surface area contributed by atoms with E-state index in [9.17, 15) is 14.4 Å². The number of nitrogens with one attached hydrogen (secondary N) is 1. The molecule has 1 amide bonds. The molecule has 1 aromatic carbocycles. The first kappa shape index (κ1) is 15.2. The van der Waals surface area contributed by atoms with Crippen LogP contribution in [0.5, 0.6) is 0 Å². The van der Waals surface area contributed by atoms with Crippen LogP contribution in [0.2, 0.25) is 0 Å². The lowest BCUT2D eigenvalue weighted by Gasteiger charge is -2.04. The first-order chi connectivity index (χ1) is 11.0. The van der Waals surface area contributed by atoms with Crippen LogP contribution in [0.25, 0.3) is 10.9 Å². The molecule has 3 aromatic rings. The number of rotatable bonds is 2. The van der Waals surface area contributed by atoms with Crippen molar-refractivity contribution < 1.29 is 4.79 Å². The lowest BCUT2D eigenvalue weighted by Crippen LogP contribution is -2.34. The predicted octanol–water partition coefficient (Wildman–Crippen LogP) is 0.851. The Kier molecular flexibility index (Phi) is 3.83. The zero-order valence-corrected chi connectivity index (χ0v) is 13.4. The summed E-state index contributed by atoms with van der Waals surface area (Å²) in [4.78, 5) is 43.6. The van der Waals surface area contributed by atoms with Crippen molar-refractivity contribution in [3.05, 3.63) is 61.0 Å². The number of nitrogens with zero attached hydrogens (tertiary/aromatic N) is 3. The summed E-state index contributed by atoms with van der Waals surface area (Å²) in [6, 6.07) is 4.57. The highest BCUT2D eigenvalue weighted by Gasteiger charge is 2.10. The summed E-state index contributed by atoms with van der Waals surface area (Å²) in [6.45, 7) is 2.01. The summed E-state index contributed by atoms with van der Waals surface area (Å²) in [5.74, 6) is -0.425. The molecular weight excluding hydrogens is 316 g/mol. The molecule has 0 atom stereocenters. The van der Waals surface area contributed by atoms with E-state index in [0.29, 0.717) is 21.3 Å². The number of fused-ring (bicyclic) bond motifs is 1. The van der Waals surface area contributed by atoms with Gasteiger partial charge in [-0.05, 0) is 25.1 Å². The average Bonchev–Trinajstić information content (AvgIpc) is 2.92. The number of aromatic amines is 1. The third-order valence-corrected chi connectivity index (χ3v) is 4.35. The molecule has 1 N–H and O–H groups in total. The van der Waals surface area contributed by atoms with E-state index in [1.165, 1.54) is 23.5 Å². The zero-order valence-electron chi connectivity index (χ0n) is 12.6. The summed E-state index contributed by atoms with van der Waals surface area (Å²) in [5.41, 5.74) is -0.209. The van der Waals surface area contributed by atoms with Gasteiger partial charge in [-0.3, -0.25) is 14.2 Å². The van der Waals surface area contributed by atoms with Gasteiger partial charge in [0.1, 0.15) is 0 Å². The third-order valence-electron chi connectivity index (χ3n) is 3.50. The molecule has 0 aliphatic heterocycles. The zero-order chi connectivity index (χ0) is 16.6. The highest BCUT2D eigenvalue weighted by Crippen LogP contribution is 2.10. The Morgan fingerprint density at radius 1 is 1.35 bits per heavy atom. The number of benzene rings is 1. The minimum Gasteiger partial charge on any atom is -0.327 e. The molecule has 0 unspecified atom stereocenters. The smallest absolute Gasteiger partial charge is 0.327 e. The molecule has 0 saturated heterocycles. The molecule has 0 saturated carbocycles. The molecule has 0 radical (unpaired) electrons. The predicted molar refractivity (Wildman–Crippen MR) is 87.7 cm³/mol. The van der Waals surface area contributed by atoms with Crippen LogP contribution in [0.15, 0.2) is 44.4 Å². The molecule has 0 aliphatic carbocycles. The molecule has 3 rings (SSSR count). The maximum atomic E-state index is 12.3. The molecule has 2 aromatic heterocycles. The molecule has 7 nitrogen and oxygen atoms in total. The Balaban J connectivity index is 2.15. The van der Waals surface area contributed by atoms with Gasteiger partial charge in [0, 0.05) is 30.7 Å². The highest BCUT2D eigenvalue weighted by molar-refractivity contribution is 7.07. The molecule has 0 fully saturated rings. The van der Waals surface area contributed by atoms with Crippen molar-refractivity contribution in [2.45, 2.75) is 13.5 Å². The van der Waals surface area contributed by atoms with E-state index in [-0.39, 0.29) is 12.1 Å². The quantitative estimate of drug-likeness (QED) is 0.755. The van der Waals surface area contributed by atoms with Gasteiger partial charge in [0.05, 0.1) is 10.9 Å². The van der Waals surface area contributed by atoms with Crippen LogP contribution in [0, 0.1) is 0 Å². The van der Waals surface area contributed by atoms with Gasteiger partial charge in [-0.25, -0.2) is 4.79 Å². The molecule has 23 heavy (non-hydrogen) atoms. The van der Waals surface area contributed by atoms with Crippen LogP contribution >= 0.6 is 11.3 Å². The number of aromatic nitrogens is 3. The van der Waals surface area contributed by atoms with E-state index in [0.717, 1.165) is 4.57 Å². The lowest BCUT2D eigenvalue weighted by molar-refractivity contribution is 0.0998. The highest BCUT2D eigenvalue weighted by atomic mass is 32.1. The second-order valence-electron chi connectivity index (χ2n) is 4.95. The van der Waals surface area contributed by atoms with E-state index < -0.39 is 11.6 Å².